The summed E-state index contributed by atoms with van der Waals surface area (Å²) in [4.78, 5) is 0. The van der Waals surface area contributed by atoms with Gasteiger partial charge >= 0.3 is 0 Å². The summed E-state index contributed by atoms with van der Waals surface area (Å²) in [5.74, 6) is 0.888. The van der Waals surface area contributed by atoms with Crippen LogP contribution in [0.4, 0.5) is 0 Å². The fraction of sp³-hybridized carbons (Fsp3) is 0.400. The lowest BCUT2D eigenvalue weighted by atomic mass is 10.1. The van der Waals surface area contributed by atoms with Gasteiger partial charge in [-0.25, -0.2) is 0 Å². The Morgan fingerprint density at radius 1 is 1.21 bits per heavy atom. The summed E-state index contributed by atoms with van der Waals surface area (Å²) in [5.41, 5.74) is 2.39. The van der Waals surface area contributed by atoms with Crippen molar-refractivity contribution in [2.75, 3.05) is 7.11 Å². The Kier molecular flexibility index (Phi) is 4.22. The predicted molar refractivity (Wildman–Crippen MR) is 76.2 cm³/mol. The molecule has 0 bridgehead atoms. The van der Waals surface area contributed by atoms with Gasteiger partial charge in [-0.05, 0) is 37.6 Å². The third-order valence-electron chi connectivity index (χ3n) is 3.40. The molecule has 2 aromatic rings. The molecule has 0 aliphatic rings. The van der Waals surface area contributed by atoms with Crippen molar-refractivity contribution in [1.29, 1.82) is 0 Å². The van der Waals surface area contributed by atoms with Gasteiger partial charge in [0.2, 0.25) is 0 Å². The quantitative estimate of drug-likeness (QED) is 0.897. The van der Waals surface area contributed by atoms with E-state index < -0.39 is 0 Å². The number of hydrogen-bond acceptors (Lipinski definition) is 3. The number of methoxy groups -OCH3 is 1. The van der Waals surface area contributed by atoms with Gasteiger partial charge in [0.1, 0.15) is 5.75 Å². The molecule has 1 N–H and O–H groups in total. The molecule has 102 valence electrons. The van der Waals surface area contributed by atoms with Gasteiger partial charge in [0, 0.05) is 25.3 Å². The molecule has 2 rings (SSSR count). The molecule has 4 heteroatoms. The van der Waals surface area contributed by atoms with Crippen LogP contribution in [-0.4, -0.2) is 16.9 Å². The Labute approximate surface area is 114 Å². The summed E-state index contributed by atoms with van der Waals surface area (Å²) in [6.07, 6.45) is 1.82. The van der Waals surface area contributed by atoms with E-state index in [1.165, 1.54) is 11.3 Å². The molecular weight excluding hydrogens is 238 g/mol. The van der Waals surface area contributed by atoms with E-state index >= 15 is 0 Å². The molecule has 1 unspecified atom stereocenters. The number of aromatic nitrogens is 2. The van der Waals surface area contributed by atoms with E-state index in [9.17, 15) is 0 Å². The molecule has 0 spiro atoms. The van der Waals surface area contributed by atoms with Crippen LogP contribution in [0.15, 0.2) is 36.5 Å². The van der Waals surface area contributed by atoms with Crippen molar-refractivity contribution in [1.82, 2.24) is 15.1 Å². The number of rotatable bonds is 5. The third kappa shape index (κ3) is 3.15. The van der Waals surface area contributed by atoms with Crippen molar-refractivity contribution in [2.24, 2.45) is 7.05 Å². The van der Waals surface area contributed by atoms with Gasteiger partial charge in [0.25, 0.3) is 0 Å². The molecular formula is C15H21N3O. The predicted octanol–water partition coefficient (Wildman–Crippen LogP) is 2.84. The molecule has 0 amide bonds. The van der Waals surface area contributed by atoms with E-state index in [1.54, 1.807) is 7.11 Å². The van der Waals surface area contributed by atoms with E-state index in [-0.39, 0.29) is 12.1 Å². The Hall–Kier alpha value is -1.81. The second-order valence-corrected chi connectivity index (χ2v) is 4.77. The number of aryl methyl sites for hydroxylation is 1. The number of benzene rings is 1. The molecule has 0 fully saturated rings. The first-order valence-corrected chi connectivity index (χ1v) is 6.49. The molecule has 0 aliphatic heterocycles. The normalized spacial score (nSPS) is 14.1. The first kappa shape index (κ1) is 13.6. The maximum atomic E-state index is 5.26. The highest BCUT2D eigenvalue weighted by molar-refractivity contribution is 5.30. The zero-order valence-electron chi connectivity index (χ0n) is 11.9. The van der Waals surface area contributed by atoms with E-state index in [0.29, 0.717) is 0 Å². The van der Waals surface area contributed by atoms with E-state index in [1.807, 2.05) is 36.1 Å². The fourth-order valence-electron chi connectivity index (χ4n) is 2.28. The number of nitrogens with one attached hydrogen (secondary N) is 1. The lowest BCUT2D eigenvalue weighted by Gasteiger charge is -2.21. The van der Waals surface area contributed by atoms with Crippen molar-refractivity contribution in [3.8, 4) is 5.75 Å². The molecule has 1 heterocycles. The van der Waals surface area contributed by atoms with Crippen molar-refractivity contribution < 1.29 is 4.74 Å². The first-order chi connectivity index (χ1) is 9.11. The van der Waals surface area contributed by atoms with Crippen molar-refractivity contribution in [3.05, 3.63) is 47.8 Å². The largest absolute Gasteiger partial charge is 0.497 e. The summed E-state index contributed by atoms with van der Waals surface area (Å²) in [6.45, 7) is 4.30. The molecule has 0 saturated heterocycles. The molecule has 1 aromatic heterocycles. The van der Waals surface area contributed by atoms with Gasteiger partial charge in [0.05, 0.1) is 12.8 Å². The van der Waals surface area contributed by atoms with Crippen LogP contribution < -0.4 is 10.1 Å². The minimum absolute atomic E-state index is 0.244. The number of ether oxygens (including phenoxy) is 1. The zero-order chi connectivity index (χ0) is 13.8. The molecule has 0 radical (unpaired) electrons. The Morgan fingerprint density at radius 3 is 2.63 bits per heavy atom. The first-order valence-electron chi connectivity index (χ1n) is 6.49. The second-order valence-electron chi connectivity index (χ2n) is 4.77. The second kappa shape index (κ2) is 5.89. The van der Waals surface area contributed by atoms with E-state index in [2.05, 4.69) is 36.4 Å². The number of hydrogen-bond donors (Lipinski definition) is 1. The average molecular weight is 259 g/mol. The van der Waals surface area contributed by atoms with E-state index in [0.717, 1.165) is 5.75 Å². The number of nitrogens with zero attached hydrogens (tertiary/aromatic N) is 2. The van der Waals surface area contributed by atoms with Gasteiger partial charge in [-0.1, -0.05) is 12.1 Å². The Balaban J connectivity index is 2.08. The fourth-order valence-corrected chi connectivity index (χ4v) is 2.28. The SMILES string of the molecule is COc1cccc([C@@H](C)NC(C)c2ccnn2C)c1. The van der Waals surface area contributed by atoms with Gasteiger partial charge in [-0.15, -0.1) is 0 Å². The molecule has 2 atom stereocenters. The van der Waals surface area contributed by atoms with Crippen molar-refractivity contribution in [3.63, 3.8) is 0 Å². The smallest absolute Gasteiger partial charge is 0.119 e. The Bertz CT molecular complexity index is 536. The maximum absolute atomic E-state index is 5.26. The van der Waals surface area contributed by atoms with Crippen LogP contribution in [0.1, 0.15) is 37.2 Å². The molecule has 19 heavy (non-hydrogen) atoms. The minimum Gasteiger partial charge on any atom is -0.497 e. The van der Waals surface area contributed by atoms with Crippen LogP contribution in [0.3, 0.4) is 0 Å². The minimum atomic E-state index is 0.244. The third-order valence-corrected chi connectivity index (χ3v) is 3.40. The van der Waals surface area contributed by atoms with Gasteiger partial charge in [-0.2, -0.15) is 5.10 Å². The standard InChI is InChI=1S/C15H21N3O/c1-11(13-6-5-7-14(10-13)19-4)17-12(2)15-8-9-16-18(15)3/h5-12,17H,1-4H3/t11-,12?/m1/s1. The van der Waals surface area contributed by atoms with Crippen LogP contribution in [-0.2, 0) is 7.05 Å². The summed E-state index contributed by atoms with van der Waals surface area (Å²) in [6, 6.07) is 10.7. The molecule has 1 aromatic carbocycles. The lowest BCUT2D eigenvalue weighted by Crippen LogP contribution is -2.24. The van der Waals surface area contributed by atoms with Crippen LogP contribution in [0.5, 0.6) is 5.75 Å². The van der Waals surface area contributed by atoms with Crippen molar-refractivity contribution in [2.45, 2.75) is 25.9 Å². The summed E-state index contributed by atoms with van der Waals surface area (Å²) in [7, 11) is 3.65. The Morgan fingerprint density at radius 2 is 2.00 bits per heavy atom. The monoisotopic (exact) mass is 259 g/mol. The molecule has 0 aliphatic carbocycles. The van der Waals surface area contributed by atoms with Crippen LogP contribution >= 0.6 is 0 Å². The highest BCUT2D eigenvalue weighted by Gasteiger charge is 2.13. The topological polar surface area (TPSA) is 39.1 Å². The summed E-state index contributed by atoms with van der Waals surface area (Å²) >= 11 is 0. The van der Waals surface area contributed by atoms with Crippen LogP contribution in [0, 0.1) is 0 Å². The van der Waals surface area contributed by atoms with Gasteiger partial charge in [0.15, 0.2) is 0 Å². The average Bonchev–Trinajstić information content (AvgIpc) is 2.85. The zero-order valence-corrected chi connectivity index (χ0v) is 11.9. The highest BCUT2D eigenvalue weighted by atomic mass is 16.5. The lowest BCUT2D eigenvalue weighted by molar-refractivity contribution is 0.412. The van der Waals surface area contributed by atoms with Gasteiger partial charge in [-0.3, -0.25) is 4.68 Å². The van der Waals surface area contributed by atoms with Gasteiger partial charge < -0.3 is 10.1 Å². The summed E-state index contributed by atoms with van der Waals surface area (Å²) < 4.78 is 7.16. The highest BCUT2D eigenvalue weighted by Crippen LogP contribution is 2.22. The van der Waals surface area contributed by atoms with E-state index in [4.69, 9.17) is 4.74 Å². The summed E-state index contributed by atoms with van der Waals surface area (Å²) in [5, 5.41) is 7.78. The molecule has 0 saturated carbocycles. The maximum Gasteiger partial charge on any atom is 0.119 e. The van der Waals surface area contributed by atoms with Crippen LogP contribution in [0.2, 0.25) is 0 Å². The van der Waals surface area contributed by atoms with Crippen molar-refractivity contribution >= 4 is 0 Å². The van der Waals surface area contributed by atoms with Crippen LogP contribution in [0.25, 0.3) is 0 Å². The molecule has 4 nitrogen and oxygen atoms in total.